The number of hydrogen-bond acceptors (Lipinski definition) is 4. The predicted octanol–water partition coefficient (Wildman–Crippen LogP) is 3.15. The van der Waals surface area contributed by atoms with Gasteiger partial charge in [-0.05, 0) is 49.4 Å². The van der Waals surface area contributed by atoms with Gasteiger partial charge in [0.25, 0.3) is 5.91 Å². The van der Waals surface area contributed by atoms with Crippen molar-refractivity contribution in [2.24, 2.45) is 0 Å². The largest absolute Gasteiger partial charge is 0.497 e. The van der Waals surface area contributed by atoms with Gasteiger partial charge in [-0.1, -0.05) is 5.16 Å². The van der Waals surface area contributed by atoms with Crippen LogP contribution in [0.15, 0.2) is 28.8 Å². The van der Waals surface area contributed by atoms with E-state index in [1.807, 2.05) is 18.2 Å². The second-order valence-corrected chi connectivity index (χ2v) is 5.94. The van der Waals surface area contributed by atoms with E-state index in [4.69, 9.17) is 9.26 Å². The number of anilines is 1. The molecule has 0 unspecified atom stereocenters. The molecule has 2 heterocycles. The van der Waals surface area contributed by atoms with Crippen molar-refractivity contribution in [2.45, 2.75) is 31.6 Å². The van der Waals surface area contributed by atoms with Crippen LogP contribution in [0.1, 0.15) is 47.0 Å². The maximum atomic E-state index is 12.7. The molecule has 0 N–H and O–H groups in total. The van der Waals surface area contributed by atoms with Crippen LogP contribution in [0.25, 0.3) is 0 Å². The van der Waals surface area contributed by atoms with Crippen molar-refractivity contribution in [3.05, 3.63) is 41.3 Å². The monoisotopic (exact) mass is 298 g/mol. The van der Waals surface area contributed by atoms with E-state index >= 15 is 0 Å². The van der Waals surface area contributed by atoms with Crippen molar-refractivity contribution in [2.75, 3.05) is 18.6 Å². The van der Waals surface area contributed by atoms with Gasteiger partial charge < -0.3 is 14.2 Å². The zero-order chi connectivity index (χ0) is 15.1. The van der Waals surface area contributed by atoms with Crippen LogP contribution in [0.2, 0.25) is 0 Å². The lowest BCUT2D eigenvalue weighted by molar-refractivity contribution is 0.0976. The summed E-state index contributed by atoms with van der Waals surface area (Å²) in [7, 11) is 1.66. The molecule has 22 heavy (non-hydrogen) atoms. The van der Waals surface area contributed by atoms with E-state index in [2.05, 4.69) is 5.16 Å². The Morgan fingerprint density at radius 3 is 3.00 bits per heavy atom. The van der Waals surface area contributed by atoms with Gasteiger partial charge in [0.2, 0.25) is 0 Å². The van der Waals surface area contributed by atoms with Gasteiger partial charge in [-0.2, -0.15) is 0 Å². The molecule has 4 rings (SSSR count). The minimum absolute atomic E-state index is 0.0817. The van der Waals surface area contributed by atoms with Gasteiger partial charge >= 0.3 is 0 Å². The molecular formula is C17H18N2O3. The van der Waals surface area contributed by atoms with Crippen molar-refractivity contribution in [1.29, 1.82) is 0 Å². The second-order valence-electron chi connectivity index (χ2n) is 5.94. The quantitative estimate of drug-likeness (QED) is 0.873. The van der Waals surface area contributed by atoms with Gasteiger partial charge in [-0.3, -0.25) is 4.79 Å². The van der Waals surface area contributed by atoms with Crippen molar-refractivity contribution in [1.82, 2.24) is 5.16 Å². The smallest absolute Gasteiger partial charge is 0.280 e. The molecule has 1 aromatic carbocycles. The summed E-state index contributed by atoms with van der Waals surface area (Å²) < 4.78 is 10.6. The first-order valence-electron chi connectivity index (χ1n) is 7.71. The van der Waals surface area contributed by atoms with Gasteiger partial charge in [0, 0.05) is 24.2 Å². The van der Waals surface area contributed by atoms with Crippen molar-refractivity contribution in [3.63, 3.8) is 0 Å². The molecule has 5 nitrogen and oxygen atoms in total. The molecule has 1 fully saturated rings. The van der Waals surface area contributed by atoms with E-state index in [0.717, 1.165) is 48.4 Å². The topological polar surface area (TPSA) is 55.6 Å². The summed E-state index contributed by atoms with van der Waals surface area (Å²) >= 11 is 0. The SMILES string of the molecule is COc1ccc2c(c1)CCCN2C(=O)c1cc(C2CC2)on1. The molecule has 2 aliphatic rings. The van der Waals surface area contributed by atoms with Crippen LogP contribution in [-0.2, 0) is 6.42 Å². The van der Waals surface area contributed by atoms with Gasteiger partial charge in [-0.25, -0.2) is 0 Å². The molecule has 0 bridgehead atoms. The molecule has 1 saturated carbocycles. The highest BCUT2D eigenvalue weighted by molar-refractivity contribution is 6.05. The third kappa shape index (κ3) is 2.26. The molecule has 1 amide bonds. The number of aromatic nitrogens is 1. The lowest BCUT2D eigenvalue weighted by atomic mass is 10.0. The summed E-state index contributed by atoms with van der Waals surface area (Å²) in [5, 5.41) is 3.97. The van der Waals surface area contributed by atoms with Crippen LogP contribution in [0.4, 0.5) is 5.69 Å². The maximum absolute atomic E-state index is 12.7. The third-order valence-electron chi connectivity index (χ3n) is 4.38. The van der Waals surface area contributed by atoms with Crippen LogP contribution in [0, 0.1) is 0 Å². The van der Waals surface area contributed by atoms with Crippen molar-refractivity contribution in [3.8, 4) is 5.75 Å². The summed E-state index contributed by atoms with van der Waals surface area (Å²) in [6.07, 6.45) is 4.17. The van der Waals surface area contributed by atoms with E-state index in [0.29, 0.717) is 18.2 Å². The Hall–Kier alpha value is -2.30. The van der Waals surface area contributed by atoms with E-state index in [-0.39, 0.29) is 5.91 Å². The molecule has 114 valence electrons. The first-order chi connectivity index (χ1) is 10.8. The molecule has 0 spiro atoms. The minimum Gasteiger partial charge on any atom is -0.497 e. The fraction of sp³-hybridized carbons (Fsp3) is 0.412. The normalized spacial score (nSPS) is 17.2. The number of carbonyl (C=O) groups excluding carboxylic acids is 1. The molecule has 1 aliphatic heterocycles. The highest BCUT2D eigenvalue weighted by Crippen LogP contribution is 2.40. The number of carbonyl (C=O) groups is 1. The van der Waals surface area contributed by atoms with Gasteiger partial charge in [0.05, 0.1) is 7.11 Å². The van der Waals surface area contributed by atoms with E-state index in [9.17, 15) is 4.79 Å². The number of benzene rings is 1. The van der Waals surface area contributed by atoms with Gasteiger partial charge in [0.15, 0.2) is 5.69 Å². The number of rotatable bonds is 3. The Bertz CT molecular complexity index is 718. The van der Waals surface area contributed by atoms with E-state index in [1.165, 1.54) is 0 Å². The first kappa shape index (κ1) is 13.4. The number of hydrogen-bond donors (Lipinski definition) is 0. The van der Waals surface area contributed by atoms with Crippen LogP contribution in [0.5, 0.6) is 5.75 Å². The van der Waals surface area contributed by atoms with E-state index in [1.54, 1.807) is 18.1 Å². The molecule has 5 heteroatoms. The first-order valence-corrected chi connectivity index (χ1v) is 7.71. The molecule has 0 saturated heterocycles. The Kier molecular flexibility index (Phi) is 3.13. The van der Waals surface area contributed by atoms with Crippen LogP contribution < -0.4 is 9.64 Å². The van der Waals surface area contributed by atoms with E-state index < -0.39 is 0 Å². The molecule has 0 atom stereocenters. The van der Waals surface area contributed by atoms with Gasteiger partial charge in [0.1, 0.15) is 11.5 Å². The summed E-state index contributed by atoms with van der Waals surface area (Å²) in [5.41, 5.74) is 2.50. The van der Waals surface area contributed by atoms with Gasteiger partial charge in [-0.15, -0.1) is 0 Å². The van der Waals surface area contributed by atoms with Crippen LogP contribution in [-0.4, -0.2) is 24.7 Å². The zero-order valence-electron chi connectivity index (χ0n) is 12.5. The molecule has 2 aromatic rings. The molecule has 1 aliphatic carbocycles. The predicted molar refractivity (Wildman–Crippen MR) is 81.5 cm³/mol. The molecular weight excluding hydrogens is 280 g/mol. The Morgan fingerprint density at radius 1 is 1.36 bits per heavy atom. The zero-order valence-corrected chi connectivity index (χ0v) is 12.5. The Balaban J connectivity index is 1.63. The third-order valence-corrected chi connectivity index (χ3v) is 4.38. The number of amides is 1. The average molecular weight is 298 g/mol. The highest BCUT2D eigenvalue weighted by Gasteiger charge is 2.31. The standard InChI is InChI=1S/C17H18N2O3/c1-21-13-6-7-15-12(9-13)3-2-8-19(15)17(20)14-10-16(22-18-14)11-4-5-11/h6-7,9-11H,2-5,8H2,1H3. The summed E-state index contributed by atoms with van der Waals surface area (Å²) in [6.45, 7) is 0.712. The second kappa shape index (κ2) is 5.16. The number of nitrogens with zero attached hydrogens (tertiary/aromatic N) is 2. The Labute approximate surface area is 128 Å². The summed E-state index contributed by atoms with van der Waals surface area (Å²) in [5.74, 6) is 2.05. The van der Waals surface area contributed by atoms with Crippen LogP contribution in [0.3, 0.4) is 0 Å². The number of fused-ring (bicyclic) bond motifs is 1. The summed E-state index contributed by atoms with van der Waals surface area (Å²) in [4.78, 5) is 14.5. The molecule has 1 aromatic heterocycles. The maximum Gasteiger partial charge on any atom is 0.280 e. The van der Waals surface area contributed by atoms with Crippen molar-refractivity contribution >= 4 is 11.6 Å². The van der Waals surface area contributed by atoms with Crippen molar-refractivity contribution < 1.29 is 14.1 Å². The average Bonchev–Trinajstić information content (AvgIpc) is 3.30. The Morgan fingerprint density at radius 2 is 2.23 bits per heavy atom. The lowest BCUT2D eigenvalue weighted by Crippen LogP contribution is -2.35. The molecule has 0 radical (unpaired) electrons. The van der Waals surface area contributed by atoms with Crippen LogP contribution >= 0.6 is 0 Å². The lowest BCUT2D eigenvalue weighted by Gasteiger charge is -2.29. The number of ether oxygens (including phenoxy) is 1. The highest BCUT2D eigenvalue weighted by atomic mass is 16.5. The summed E-state index contributed by atoms with van der Waals surface area (Å²) in [6, 6.07) is 7.65. The number of methoxy groups -OCH3 is 1. The fourth-order valence-electron chi connectivity index (χ4n) is 3.00. The fourth-order valence-corrected chi connectivity index (χ4v) is 3.00. The number of aryl methyl sites for hydroxylation is 1. The minimum atomic E-state index is -0.0817.